The number of para-hydroxylation sites is 2. The summed E-state index contributed by atoms with van der Waals surface area (Å²) in [7, 11) is 0. The number of fused-ring (bicyclic) bond motifs is 9. The van der Waals surface area contributed by atoms with Crippen molar-refractivity contribution in [2.24, 2.45) is 0 Å². The molecule has 0 saturated carbocycles. The molecule has 4 nitrogen and oxygen atoms in total. The molecule has 5 heterocycles. The normalized spacial score (nSPS) is 13.0. The highest BCUT2D eigenvalue weighted by atomic mass is 32.1. The maximum Gasteiger partial charge on any atom is 0.252 e. The third kappa shape index (κ3) is 9.06. The Morgan fingerprint density at radius 3 is 1.40 bits per heavy atom. The number of anilines is 9. The van der Waals surface area contributed by atoms with Crippen molar-refractivity contribution in [2.75, 3.05) is 14.7 Å². The summed E-state index contributed by atoms with van der Waals surface area (Å²) in [6, 6.07) is 88.0. The molecule has 0 unspecified atom stereocenters. The predicted molar refractivity (Wildman–Crippen MR) is 392 cm³/mol. The number of hydrogen-bond donors (Lipinski definition) is 0. The molecule has 7 heteroatoms. The molecule has 0 fully saturated rings. The van der Waals surface area contributed by atoms with Crippen LogP contribution in [-0.2, 0) is 10.8 Å². The van der Waals surface area contributed by atoms with Gasteiger partial charge < -0.3 is 19.3 Å². The first-order chi connectivity index (χ1) is 43.4. The van der Waals surface area contributed by atoms with Crippen LogP contribution in [0, 0.1) is 34.6 Å². The van der Waals surface area contributed by atoms with Crippen molar-refractivity contribution in [3.05, 3.63) is 269 Å². The van der Waals surface area contributed by atoms with Gasteiger partial charge in [-0.3, -0.25) is 0 Å². The second-order valence-corrected chi connectivity index (χ2v) is 29.5. The van der Waals surface area contributed by atoms with Gasteiger partial charge in [0, 0.05) is 86.8 Å². The zero-order valence-electron chi connectivity index (χ0n) is 53.1. The fourth-order valence-corrected chi connectivity index (χ4v) is 17.4. The Morgan fingerprint density at radius 2 is 0.833 bits per heavy atom. The topological polar surface area (TPSA) is 14.7 Å². The van der Waals surface area contributed by atoms with Gasteiger partial charge in [0.1, 0.15) is 0 Å². The Labute approximate surface area is 537 Å². The molecule has 11 aromatic carbocycles. The monoisotopic (exact) mass is 1200 g/mol. The van der Waals surface area contributed by atoms with E-state index in [2.05, 4.69) is 326 Å². The van der Waals surface area contributed by atoms with Gasteiger partial charge in [0.15, 0.2) is 0 Å². The van der Waals surface area contributed by atoms with Gasteiger partial charge in [-0.05, 0) is 244 Å². The molecular weight excluding hydrogens is 1130 g/mol. The minimum Gasteiger partial charge on any atom is -0.311 e. The molecule has 90 heavy (non-hydrogen) atoms. The van der Waals surface area contributed by atoms with E-state index in [9.17, 15) is 0 Å². The van der Waals surface area contributed by atoms with Gasteiger partial charge in [0.25, 0.3) is 6.71 Å². The highest BCUT2D eigenvalue weighted by Crippen LogP contribution is 2.51. The molecule has 14 aromatic rings. The molecule has 3 aromatic heterocycles. The molecule has 0 spiro atoms. The molecule has 2 aliphatic heterocycles. The summed E-state index contributed by atoms with van der Waals surface area (Å²) in [5, 5.41) is 5.04. The van der Waals surface area contributed by atoms with Gasteiger partial charge in [-0.15, -0.1) is 22.7 Å². The van der Waals surface area contributed by atoms with Gasteiger partial charge in [0.05, 0.1) is 11.0 Å². The molecule has 16 rings (SSSR count). The minimum atomic E-state index is -0.0868. The van der Waals surface area contributed by atoms with E-state index in [1.54, 1.807) is 0 Å². The third-order valence-electron chi connectivity index (χ3n) is 19.1. The number of aromatic nitrogens is 1. The standard InChI is InChI=1S/C83H71BN4S2/c1-50-39-73-81-74(40-50)88(64-43-53(4)80(54(5)44-64)78-46-56-22-16-20-28-76(56)90-78)72-49-62(85(60-32-29-57(30-33-60)82(6,7)8)61-34-36-66-65-25-17-18-26-69(65)86(70(66)48-61)59-23-13-12-14-24-59)35-38-68(72)84(81)67-37-31-58(83(9,10)11)47-71(67)87(73)63-41-51(2)79(52(3)42-63)77-45-55-21-15-19-27-75(55)89-77/h12-49H,1-11H3. The van der Waals surface area contributed by atoms with Crippen molar-refractivity contribution >= 4 is 139 Å². The van der Waals surface area contributed by atoms with Crippen LogP contribution in [0.2, 0.25) is 0 Å². The fraction of sp³-hybridized carbons (Fsp3) is 0.157. The Morgan fingerprint density at radius 1 is 0.367 bits per heavy atom. The van der Waals surface area contributed by atoms with Crippen LogP contribution in [0.5, 0.6) is 0 Å². The SMILES string of the molecule is Cc1cc2c3c(c1)N(c1cc(C)c(-c4cc5ccccc5s4)c(C)c1)c1cc(C(C)(C)C)ccc1B3c1ccc(N(c3ccc(C(C)(C)C)cc3)c3ccc4c5ccccc5n(-c5ccccc5)c4c3)cc1N2c1cc(C)c(-c2cc3ccccc3s2)c(C)c1. The lowest BCUT2D eigenvalue weighted by atomic mass is 9.33. The predicted octanol–water partition coefficient (Wildman–Crippen LogP) is 22.2. The van der Waals surface area contributed by atoms with Crippen LogP contribution >= 0.6 is 22.7 Å². The molecule has 0 amide bonds. The molecule has 0 aliphatic carbocycles. The summed E-state index contributed by atoms with van der Waals surface area (Å²) < 4.78 is 5.06. The van der Waals surface area contributed by atoms with Crippen LogP contribution in [0.3, 0.4) is 0 Å². The van der Waals surface area contributed by atoms with Gasteiger partial charge in [-0.25, -0.2) is 0 Å². The van der Waals surface area contributed by atoms with Crippen LogP contribution in [0.1, 0.15) is 80.5 Å². The van der Waals surface area contributed by atoms with Crippen LogP contribution < -0.4 is 31.1 Å². The van der Waals surface area contributed by atoms with E-state index in [1.807, 2.05) is 22.7 Å². The maximum absolute atomic E-state index is 2.63. The van der Waals surface area contributed by atoms with E-state index in [4.69, 9.17) is 0 Å². The van der Waals surface area contributed by atoms with Crippen molar-refractivity contribution in [1.29, 1.82) is 0 Å². The number of aryl methyl sites for hydroxylation is 5. The van der Waals surface area contributed by atoms with Crippen LogP contribution in [0.25, 0.3) is 68.5 Å². The first-order valence-corrected chi connectivity index (χ1v) is 33.3. The van der Waals surface area contributed by atoms with Crippen LogP contribution in [0.4, 0.5) is 51.2 Å². The first kappa shape index (κ1) is 55.9. The second kappa shape index (κ2) is 20.8. The van der Waals surface area contributed by atoms with E-state index in [0.29, 0.717) is 0 Å². The summed E-state index contributed by atoms with van der Waals surface area (Å²) in [6.45, 7) is 25.4. The van der Waals surface area contributed by atoms with E-state index >= 15 is 0 Å². The molecule has 0 saturated heterocycles. The average Bonchev–Trinajstić information content (AvgIpc) is 1.15. The summed E-state index contributed by atoms with van der Waals surface area (Å²) >= 11 is 3.78. The smallest absolute Gasteiger partial charge is 0.252 e. The number of rotatable bonds is 8. The van der Waals surface area contributed by atoms with Gasteiger partial charge in [-0.1, -0.05) is 151 Å². The zero-order valence-corrected chi connectivity index (χ0v) is 54.8. The molecule has 0 N–H and O–H groups in total. The van der Waals surface area contributed by atoms with Crippen molar-refractivity contribution in [3.63, 3.8) is 0 Å². The lowest BCUT2D eigenvalue weighted by Gasteiger charge is -2.45. The number of thiophene rings is 2. The number of hydrogen-bond acceptors (Lipinski definition) is 5. The van der Waals surface area contributed by atoms with E-state index < -0.39 is 0 Å². The maximum atomic E-state index is 2.63. The molecule has 2 aliphatic rings. The van der Waals surface area contributed by atoms with Crippen LogP contribution in [-0.4, -0.2) is 11.3 Å². The lowest BCUT2D eigenvalue weighted by Crippen LogP contribution is -2.61. The van der Waals surface area contributed by atoms with Crippen molar-refractivity contribution in [2.45, 2.75) is 87.0 Å². The molecule has 0 bridgehead atoms. The lowest BCUT2D eigenvalue weighted by molar-refractivity contribution is 0.590. The first-order valence-electron chi connectivity index (χ1n) is 31.7. The Hall–Kier alpha value is -9.40. The summed E-state index contributed by atoms with van der Waals surface area (Å²) in [4.78, 5) is 10.4. The quantitative estimate of drug-likeness (QED) is 0.141. The largest absolute Gasteiger partial charge is 0.311 e. The van der Waals surface area contributed by atoms with E-state index in [0.717, 1.165) is 34.0 Å². The highest BCUT2D eigenvalue weighted by Gasteiger charge is 2.44. The number of nitrogens with zero attached hydrogens (tertiary/aromatic N) is 4. The van der Waals surface area contributed by atoms with Crippen molar-refractivity contribution in [3.8, 4) is 26.6 Å². The zero-order chi connectivity index (χ0) is 61.6. The van der Waals surface area contributed by atoms with Crippen molar-refractivity contribution in [1.82, 2.24) is 4.57 Å². The second-order valence-electron chi connectivity index (χ2n) is 27.3. The minimum absolute atomic E-state index is 0.0152. The Balaban J connectivity index is 0.948. The van der Waals surface area contributed by atoms with Gasteiger partial charge in [-0.2, -0.15) is 0 Å². The van der Waals surface area contributed by atoms with Gasteiger partial charge in [0.2, 0.25) is 0 Å². The average molecular weight is 1200 g/mol. The third-order valence-corrected chi connectivity index (χ3v) is 21.4. The fourth-order valence-electron chi connectivity index (χ4n) is 14.9. The molecular formula is C83H71BN4S2. The summed E-state index contributed by atoms with van der Waals surface area (Å²) in [6.07, 6.45) is 0. The summed E-state index contributed by atoms with van der Waals surface area (Å²) in [5.41, 5.74) is 29.2. The highest BCUT2D eigenvalue weighted by molar-refractivity contribution is 7.22. The number of benzene rings is 11. The molecule has 0 radical (unpaired) electrons. The Bertz CT molecular complexity index is 5130. The van der Waals surface area contributed by atoms with Gasteiger partial charge >= 0.3 is 0 Å². The van der Waals surface area contributed by atoms with Crippen LogP contribution in [0.15, 0.2) is 231 Å². The van der Waals surface area contributed by atoms with E-state index in [1.165, 1.54) is 141 Å². The molecule has 438 valence electrons. The summed E-state index contributed by atoms with van der Waals surface area (Å²) in [5.74, 6) is 0. The van der Waals surface area contributed by atoms with Crippen molar-refractivity contribution < 1.29 is 0 Å². The van der Waals surface area contributed by atoms with E-state index in [-0.39, 0.29) is 17.5 Å². The Kier molecular flexibility index (Phi) is 12.9. The molecule has 0 atom stereocenters.